The highest BCUT2D eigenvalue weighted by Gasteiger charge is 2.35. The van der Waals surface area contributed by atoms with Crippen LogP contribution in [0.2, 0.25) is 0 Å². The molecule has 0 aliphatic carbocycles. The van der Waals surface area contributed by atoms with Crippen molar-refractivity contribution in [1.82, 2.24) is 24.6 Å². The Labute approximate surface area is 266 Å². The van der Waals surface area contributed by atoms with Crippen LogP contribution in [0.5, 0.6) is 5.75 Å². The van der Waals surface area contributed by atoms with Gasteiger partial charge in [-0.1, -0.05) is 12.1 Å². The van der Waals surface area contributed by atoms with Gasteiger partial charge in [0.2, 0.25) is 0 Å². The number of hydrogen-bond donors (Lipinski definition) is 1. The maximum atomic E-state index is 14.7. The van der Waals surface area contributed by atoms with E-state index in [9.17, 15) is 8.78 Å². The molecule has 2 aromatic carbocycles. The minimum atomic E-state index is -0.893. The first-order chi connectivity index (χ1) is 22.4. The second-order valence-electron chi connectivity index (χ2n) is 12.0. The molecule has 3 aliphatic heterocycles. The van der Waals surface area contributed by atoms with Gasteiger partial charge in [0.15, 0.2) is 17.5 Å². The molecule has 1 atom stereocenters. The van der Waals surface area contributed by atoms with Crippen molar-refractivity contribution in [2.75, 3.05) is 62.3 Å². The van der Waals surface area contributed by atoms with Crippen LogP contribution in [-0.4, -0.2) is 83.8 Å². The molecule has 3 saturated heterocycles. The van der Waals surface area contributed by atoms with Crippen LogP contribution in [0.15, 0.2) is 55.1 Å². The van der Waals surface area contributed by atoms with Crippen LogP contribution in [-0.2, 0) is 16.6 Å². The Morgan fingerprint density at radius 3 is 2.59 bits per heavy atom. The number of hydroxylamine groups is 1. The lowest BCUT2D eigenvalue weighted by molar-refractivity contribution is -0.0546. The zero-order valence-corrected chi connectivity index (χ0v) is 26.2. The van der Waals surface area contributed by atoms with Crippen LogP contribution in [0, 0.1) is 11.6 Å². The predicted molar refractivity (Wildman–Crippen MR) is 170 cm³/mol. The van der Waals surface area contributed by atoms with Crippen LogP contribution < -0.4 is 20.0 Å². The molecular formula is C33H38F2N8O3. The summed E-state index contributed by atoms with van der Waals surface area (Å²) >= 11 is 0. The molecule has 11 nitrogen and oxygen atoms in total. The van der Waals surface area contributed by atoms with Gasteiger partial charge >= 0.3 is 0 Å². The first-order valence-electron chi connectivity index (χ1n) is 15.6. The van der Waals surface area contributed by atoms with E-state index in [1.54, 1.807) is 31.0 Å². The summed E-state index contributed by atoms with van der Waals surface area (Å²) in [5.74, 6) is -0.198. The molecule has 0 radical (unpaired) electrons. The van der Waals surface area contributed by atoms with Crippen LogP contribution in [0.25, 0.3) is 11.1 Å². The Morgan fingerprint density at radius 1 is 1.02 bits per heavy atom. The molecule has 0 spiro atoms. The van der Waals surface area contributed by atoms with Gasteiger partial charge in [0.1, 0.15) is 17.9 Å². The molecule has 242 valence electrons. The highest BCUT2D eigenvalue weighted by Crippen LogP contribution is 2.42. The summed E-state index contributed by atoms with van der Waals surface area (Å²) in [6.07, 6.45) is 8.28. The van der Waals surface area contributed by atoms with E-state index in [0.717, 1.165) is 61.9 Å². The maximum Gasteiger partial charge on any atom is 0.164 e. The van der Waals surface area contributed by atoms with Crippen molar-refractivity contribution in [2.24, 2.45) is 7.05 Å². The number of rotatable bonds is 9. The summed E-state index contributed by atoms with van der Waals surface area (Å²) in [7, 11) is 5.34. The Kier molecular flexibility index (Phi) is 8.45. The fourth-order valence-electron chi connectivity index (χ4n) is 6.71. The molecule has 3 aliphatic rings. The molecular weight excluding hydrogens is 594 g/mol. The first kappa shape index (κ1) is 30.3. The molecule has 13 heteroatoms. The monoisotopic (exact) mass is 632 g/mol. The predicted octanol–water partition coefficient (Wildman–Crippen LogP) is 5.09. The highest BCUT2D eigenvalue weighted by atomic mass is 19.2. The van der Waals surface area contributed by atoms with Crippen molar-refractivity contribution in [2.45, 2.75) is 37.5 Å². The normalized spacial score (nSPS) is 19.5. The third-order valence-electron chi connectivity index (χ3n) is 9.25. The van der Waals surface area contributed by atoms with Crippen LogP contribution in [0.3, 0.4) is 0 Å². The smallest absolute Gasteiger partial charge is 0.164 e. The number of aryl methyl sites for hydroxylation is 1. The number of piperidine rings is 1. The zero-order valence-electron chi connectivity index (χ0n) is 26.2. The molecule has 3 fully saturated rings. The molecule has 0 amide bonds. The second kappa shape index (κ2) is 12.8. The van der Waals surface area contributed by atoms with Crippen LogP contribution >= 0.6 is 0 Å². The molecule has 0 unspecified atom stereocenters. The maximum absolute atomic E-state index is 14.7. The quantitative estimate of drug-likeness (QED) is 0.269. The molecule has 7 rings (SSSR count). The van der Waals surface area contributed by atoms with E-state index in [0.29, 0.717) is 48.2 Å². The summed E-state index contributed by atoms with van der Waals surface area (Å²) in [4.78, 5) is 19.6. The van der Waals surface area contributed by atoms with E-state index < -0.39 is 17.7 Å². The van der Waals surface area contributed by atoms with E-state index in [1.165, 1.54) is 17.5 Å². The molecule has 2 aromatic heterocycles. The fraction of sp³-hybridized carbons (Fsp3) is 0.424. The number of methoxy groups -OCH3 is 2. The van der Waals surface area contributed by atoms with Crippen molar-refractivity contribution < 1.29 is 23.1 Å². The summed E-state index contributed by atoms with van der Waals surface area (Å²) in [5.41, 5.74) is 4.03. The van der Waals surface area contributed by atoms with Gasteiger partial charge in [-0.15, -0.1) is 0 Å². The van der Waals surface area contributed by atoms with Gasteiger partial charge in [0.25, 0.3) is 0 Å². The average Bonchev–Trinajstić information content (AvgIpc) is 3.72. The molecule has 0 bridgehead atoms. The van der Waals surface area contributed by atoms with Gasteiger partial charge in [-0.3, -0.25) is 14.4 Å². The number of benzene rings is 2. The Morgan fingerprint density at radius 2 is 1.85 bits per heavy atom. The Hall–Kier alpha value is -4.33. The SMILES string of the molecule is COc1cc(N2CCC(N3CC(OC)C3)CC2)c(-c2cnn(C)c2)cc1Nc1cc(N2OCC[C@@H]2c2cccc(F)c2F)ncn1. The lowest BCUT2D eigenvalue weighted by Gasteiger charge is -2.47. The molecule has 46 heavy (non-hydrogen) atoms. The molecule has 1 N–H and O–H groups in total. The van der Waals surface area contributed by atoms with Gasteiger partial charge in [0.05, 0.1) is 37.7 Å². The molecule has 4 aromatic rings. The van der Waals surface area contributed by atoms with Crippen LogP contribution in [0.1, 0.15) is 30.9 Å². The van der Waals surface area contributed by atoms with E-state index in [1.807, 2.05) is 19.4 Å². The standard InChI is InChI=1S/C33H38F2N8O3/c1-40-17-21(16-38-40)25-13-27(30(45-3)14-29(25)41-10-7-22(8-11-41)42-18-23(19-42)44-2)39-31-15-32(37-20-36-31)43-28(9-12-46-43)24-5-4-6-26(34)33(24)35/h4-6,13-17,20,22-23,28H,7-12,18-19H2,1-3H3,(H,36,37,39)/t28-/m1/s1. The van der Waals surface area contributed by atoms with E-state index in [4.69, 9.17) is 14.3 Å². The van der Waals surface area contributed by atoms with E-state index in [2.05, 4.69) is 42.3 Å². The summed E-state index contributed by atoms with van der Waals surface area (Å²) < 4.78 is 41.9. The number of likely N-dealkylation sites (tertiary alicyclic amines) is 1. The molecule has 5 heterocycles. The summed E-state index contributed by atoms with van der Waals surface area (Å²) in [5, 5.41) is 9.36. The van der Waals surface area contributed by atoms with Crippen molar-refractivity contribution in [3.05, 3.63) is 72.3 Å². The van der Waals surface area contributed by atoms with Crippen molar-refractivity contribution >= 4 is 23.0 Å². The van der Waals surface area contributed by atoms with Gasteiger partial charge in [-0.2, -0.15) is 5.10 Å². The highest BCUT2D eigenvalue weighted by molar-refractivity contribution is 5.85. The number of hydrogen-bond acceptors (Lipinski definition) is 10. The first-order valence-corrected chi connectivity index (χ1v) is 15.6. The number of nitrogens with zero attached hydrogens (tertiary/aromatic N) is 7. The van der Waals surface area contributed by atoms with Crippen molar-refractivity contribution in [3.63, 3.8) is 0 Å². The Balaban J connectivity index is 1.15. The number of halogens is 2. The fourth-order valence-corrected chi connectivity index (χ4v) is 6.71. The minimum Gasteiger partial charge on any atom is -0.494 e. The number of anilines is 4. The minimum absolute atomic E-state index is 0.220. The van der Waals surface area contributed by atoms with Crippen molar-refractivity contribution in [3.8, 4) is 16.9 Å². The summed E-state index contributed by atoms with van der Waals surface area (Å²) in [6.45, 7) is 4.22. The number of nitrogens with one attached hydrogen (secondary N) is 1. The Bertz CT molecular complexity index is 1690. The summed E-state index contributed by atoms with van der Waals surface area (Å²) in [6, 6.07) is 10.1. The molecule has 0 saturated carbocycles. The van der Waals surface area contributed by atoms with Crippen molar-refractivity contribution in [1.29, 1.82) is 0 Å². The zero-order chi connectivity index (χ0) is 31.8. The third-order valence-corrected chi connectivity index (χ3v) is 9.25. The number of ether oxygens (including phenoxy) is 2. The van der Waals surface area contributed by atoms with Gasteiger partial charge in [-0.25, -0.2) is 23.8 Å². The largest absolute Gasteiger partial charge is 0.494 e. The van der Waals surface area contributed by atoms with E-state index in [-0.39, 0.29) is 5.56 Å². The average molecular weight is 633 g/mol. The van der Waals surface area contributed by atoms with Gasteiger partial charge < -0.3 is 19.7 Å². The van der Waals surface area contributed by atoms with E-state index >= 15 is 0 Å². The lowest BCUT2D eigenvalue weighted by Crippen LogP contribution is -2.58. The van der Waals surface area contributed by atoms with Gasteiger partial charge in [-0.05, 0) is 25.0 Å². The van der Waals surface area contributed by atoms with Gasteiger partial charge in [0, 0.05) is 93.5 Å². The number of aromatic nitrogens is 4. The topological polar surface area (TPSA) is 93.0 Å². The third kappa shape index (κ3) is 5.85. The second-order valence-corrected chi connectivity index (χ2v) is 12.0. The lowest BCUT2D eigenvalue weighted by atomic mass is 9.96. The van der Waals surface area contributed by atoms with Crippen LogP contribution in [0.4, 0.5) is 31.8 Å².